The molecule has 0 atom stereocenters. The highest BCUT2D eigenvalue weighted by atomic mass is 35.5. The number of rotatable bonds is 2. The molecular weight excluding hydrogens is 250 g/mol. The zero-order valence-corrected chi connectivity index (χ0v) is 11.3. The molecule has 1 amide bonds. The van der Waals surface area contributed by atoms with Gasteiger partial charge < -0.3 is 15.5 Å². The molecule has 0 spiro atoms. The number of hydrogen-bond donors (Lipinski definition) is 1. The number of nitrogens with two attached hydrogens (primary N) is 1. The largest absolute Gasteiger partial charge is 0.368 e. The first-order valence-electron chi connectivity index (χ1n) is 6.11. The second-order valence-corrected chi connectivity index (χ2v) is 4.94. The standard InChI is InChI=1S/C13H18ClN3O/c1-10-2-3-11(14)8-12(10)16-4-6-17(7-5-16)13(18)9-15/h2-3,8H,4-7,9,15H2,1H3. The van der Waals surface area contributed by atoms with E-state index in [-0.39, 0.29) is 12.5 Å². The van der Waals surface area contributed by atoms with Crippen LogP contribution >= 0.6 is 11.6 Å². The van der Waals surface area contributed by atoms with Gasteiger partial charge in [0.2, 0.25) is 5.91 Å². The third-order valence-electron chi connectivity index (χ3n) is 3.32. The normalized spacial score (nSPS) is 15.9. The summed E-state index contributed by atoms with van der Waals surface area (Å²) < 4.78 is 0. The predicted molar refractivity (Wildman–Crippen MR) is 74.0 cm³/mol. The number of benzene rings is 1. The fourth-order valence-electron chi connectivity index (χ4n) is 2.25. The summed E-state index contributed by atoms with van der Waals surface area (Å²) in [6, 6.07) is 5.90. The van der Waals surface area contributed by atoms with Crippen LogP contribution < -0.4 is 10.6 Å². The molecule has 0 aliphatic carbocycles. The van der Waals surface area contributed by atoms with Crippen molar-refractivity contribution >= 4 is 23.2 Å². The van der Waals surface area contributed by atoms with Gasteiger partial charge in [-0.3, -0.25) is 4.79 Å². The van der Waals surface area contributed by atoms with Gasteiger partial charge in [-0.05, 0) is 24.6 Å². The van der Waals surface area contributed by atoms with Crippen molar-refractivity contribution < 1.29 is 4.79 Å². The minimum absolute atomic E-state index is 0.0254. The van der Waals surface area contributed by atoms with Crippen LogP contribution in [0.1, 0.15) is 5.56 Å². The molecule has 1 aromatic rings. The highest BCUT2D eigenvalue weighted by Crippen LogP contribution is 2.25. The van der Waals surface area contributed by atoms with E-state index in [0.29, 0.717) is 0 Å². The lowest BCUT2D eigenvalue weighted by atomic mass is 10.1. The Labute approximate surface area is 112 Å². The van der Waals surface area contributed by atoms with Gasteiger partial charge in [-0.15, -0.1) is 0 Å². The number of carbonyl (C=O) groups excluding carboxylic acids is 1. The molecule has 1 aliphatic rings. The van der Waals surface area contributed by atoms with Crippen LogP contribution in [0, 0.1) is 6.92 Å². The number of piperazine rings is 1. The predicted octanol–water partition coefficient (Wildman–Crippen LogP) is 1.26. The highest BCUT2D eigenvalue weighted by molar-refractivity contribution is 6.30. The van der Waals surface area contributed by atoms with Crippen LogP contribution in [0.15, 0.2) is 18.2 Å². The smallest absolute Gasteiger partial charge is 0.236 e. The van der Waals surface area contributed by atoms with Crippen LogP contribution in [0.5, 0.6) is 0 Å². The van der Waals surface area contributed by atoms with E-state index in [2.05, 4.69) is 11.8 Å². The second-order valence-electron chi connectivity index (χ2n) is 4.50. The summed E-state index contributed by atoms with van der Waals surface area (Å²) in [6.07, 6.45) is 0. The number of aryl methyl sites for hydroxylation is 1. The fourth-order valence-corrected chi connectivity index (χ4v) is 2.42. The maximum Gasteiger partial charge on any atom is 0.236 e. The minimum atomic E-state index is 0.0254. The molecule has 1 heterocycles. The van der Waals surface area contributed by atoms with Gasteiger partial charge in [0.25, 0.3) is 0 Å². The first kappa shape index (κ1) is 13.2. The molecule has 4 nitrogen and oxygen atoms in total. The number of anilines is 1. The summed E-state index contributed by atoms with van der Waals surface area (Å²) >= 11 is 6.03. The van der Waals surface area contributed by atoms with E-state index in [0.717, 1.165) is 36.9 Å². The van der Waals surface area contributed by atoms with Crippen molar-refractivity contribution in [3.05, 3.63) is 28.8 Å². The van der Waals surface area contributed by atoms with Crippen molar-refractivity contribution in [3.63, 3.8) is 0 Å². The topological polar surface area (TPSA) is 49.6 Å². The molecule has 0 radical (unpaired) electrons. The third kappa shape index (κ3) is 2.76. The molecule has 18 heavy (non-hydrogen) atoms. The number of nitrogens with zero attached hydrogens (tertiary/aromatic N) is 2. The lowest BCUT2D eigenvalue weighted by Crippen LogP contribution is -2.50. The Hall–Kier alpha value is -1.26. The monoisotopic (exact) mass is 267 g/mol. The van der Waals surface area contributed by atoms with E-state index >= 15 is 0 Å². The maximum absolute atomic E-state index is 11.5. The van der Waals surface area contributed by atoms with Crippen molar-refractivity contribution in [1.82, 2.24) is 4.90 Å². The Morgan fingerprint density at radius 2 is 2.00 bits per heavy atom. The van der Waals surface area contributed by atoms with Gasteiger partial charge in [-0.1, -0.05) is 17.7 Å². The summed E-state index contributed by atoms with van der Waals surface area (Å²) in [4.78, 5) is 15.6. The average Bonchev–Trinajstić information content (AvgIpc) is 2.41. The van der Waals surface area contributed by atoms with E-state index in [1.54, 1.807) is 0 Å². The number of amides is 1. The molecule has 0 bridgehead atoms. The van der Waals surface area contributed by atoms with Crippen LogP contribution in [0.2, 0.25) is 5.02 Å². The summed E-state index contributed by atoms with van der Waals surface area (Å²) in [5, 5.41) is 0.746. The molecule has 5 heteroatoms. The van der Waals surface area contributed by atoms with Gasteiger partial charge in [0.15, 0.2) is 0 Å². The fraction of sp³-hybridized carbons (Fsp3) is 0.462. The molecule has 98 valence electrons. The first-order chi connectivity index (χ1) is 8.61. The minimum Gasteiger partial charge on any atom is -0.368 e. The van der Waals surface area contributed by atoms with Crippen LogP contribution in [0.3, 0.4) is 0 Å². The molecule has 1 aliphatic heterocycles. The highest BCUT2D eigenvalue weighted by Gasteiger charge is 2.21. The van der Waals surface area contributed by atoms with Crippen molar-refractivity contribution in [1.29, 1.82) is 0 Å². The molecule has 2 N–H and O–H groups in total. The quantitative estimate of drug-likeness (QED) is 0.878. The Kier molecular flexibility index (Phi) is 4.09. The summed E-state index contributed by atoms with van der Waals surface area (Å²) in [7, 11) is 0. The van der Waals surface area contributed by atoms with E-state index in [1.165, 1.54) is 5.56 Å². The number of carbonyl (C=O) groups is 1. The van der Waals surface area contributed by atoms with E-state index < -0.39 is 0 Å². The van der Waals surface area contributed by atoms with Crippen molar-refractivity contribution in [2.45, 2.75) is 6.92 Å². The molecule has 0 saturated carbocycles. The lowest BCUT2D eigenvalue weighted by Gasteiger charge is -2.36. The van der Waals surface area contributed by atoms with Crippen LogP contribution in [-0.4, -0.2) is 43.5 Å². The van der Waals surface area contributed by atoms with Crippen molar-refractivity contribution in [2.75, 3.05) is 37.6 Å². The Balaban J connectivity index is 2.05. The summed E-state index contributed by atoms with van der Waals surface area (Å²) in [6.45, 7) is 5.27. The van der Waals surface area contributed by atoms with Gasteiger partial charge in [0, 0.05) is 36.9 Å². The SMILES string of the molecule is Cc1ccc(Cl)cc1N1CCN(C(=O)CN)CC1. The summed E-state index contributed by atoms with van der Waals surface area (Å²) in [5.41, 5.74) is 7.73. The molecule has 2 rings (SSSR count). The molecular formula is C13H18ClN3O. The molecule has 1 saturated heterocycles. The summed E-state index contributed by atoms with van der Waals surface area (Å²) in [5.74, 6) is 0.0254. The van der Waals surface area contributed by atoms with E-state index in [1.807, 2.05) is 23.1 Å². The van der Waals surface area contributed by atoms with Gasteiger partial charge in [-0.2, -0.15) is 0 Å². The zero-order chi connectivity index (χ0) is 13.1. The Morgan fingerprint density at radius 3 is 2.61 bits per heavy atom. The van der Waals surface area contributed by atoms with Crippen molar-refractivity contribution in [3.8, 4) is 0 Å². The Bertz CT molecular complexity index is 442. The molecule has 1 fully saturated rings. The molecule has 0 unspecified atom stereocenters. The average molecular weight is 268 g/mol. The van der Waals surface area contributed by atoms with Crippen molar-refractivity contribution in [2.24, 2.45) is 5.73 Å². The van der Waals surface area contributed by atoms with Crippen LogP contribution in [0.4, 0.5) is 5.69 Å². The van der Waals surface area contributed by atoms with E-state index in [4.69, 9.17) is 17.3 Å². The Morgan fingerprint density at radius 1 is 1.33 bits per heavy atom. The number of hydrogen-bond acceptors (Lipinski definition) is 3. The zero-order valence-electron chi connectivity index (χ0n) is 10.5. The lowest BCUT2D eigenvalue weighted by molar-refractivity contribution is -0.129. The van der Waals surface area contributed by atoms with Gasteiger partial charge in [0.1, 0.15) is 0 Å². The van der Waals surface area contributed by atoms with Crippen LogP contribution in [0.25, 0.3) is 0 Å². The molecule has 0 aromatic heterocycles. The van der Waals surface area contributed by atoms with Gasteiger partial charge >= 0.3 is 0 Å². The van der Waals surface area contributed by atoms with Crippen LogP contribution in [-0.2, 0) is 4.79 Å². The maximum atomic E-state index is 11.5. The van der Waals surface area contributed by atoms with E-state index in [9.17, 15) is 4.79 Å². The van der Waals surface area contributed by atoms with Gasteiger partial charge in [-0.25, -0.2) is 0 Å². The van der Waals surface area contributed by atoms with Gasteiger partial charge in [0.05, 0.1) is 6.54 Å². The number of halogens is 1. The second kappa shape index (κ2) is 5.59. The molecule has 1 aromatic carbocycles. The third-order valence-corrected chi connectivity index (χ3v) is 3.55. The first-order valence-corrected chi connectivity index (χ1v) is 6.48.